The molecule has 225 valence electrons. The van der Waals surface area contributed by atoms with Crippen LogP contribution in [0.4, 0.5) is 0 Å². The third-order valence-electron chi connectivity index (χ3n) is 9.34. The van der Waals surface area contributed by atoms with Crippen molar-refractivity contribution in [2.45, 2.75) is 45.6 Å². The van der Waals surface area contributed by atoms with Crippen LogP contribution >= 0.6 is 11.3 Å². The number of benzene rings is 4. The topological polar surface area (TPSA) is 0 Å². The van der Waals surface area contributed by atoms with Gasteiger partial charge in [0.05, 0.1) is 0 Å². The van der Waals surface area contributed by atoms with Gasteiger partial charge in [-0.2, -0.15) is 17.4 Å². The second-order valence-corrected chi connectivity index (χ2v) is 17.5. The van der Waals surface area contributed by atoms with Crippen molar-refractivity contribution in [1.29, 1.82) is 0 Å². The number of allylic oxidation sites excluding steroid dienone is 1. The van der Waals surface area contributed by atoms with E-state index in [9.17, 15) is 0 Å². The molecule has 0 aliphatic carbocycles. The molecule has 2 bridgehead atoms. The third-order valence-corrected chi connectivity index (χ3v) is 15.7. The summed E-state index contributed by atoms with van der Waals surface area (Å²) in [6.45, 7) is 11.3. The Hall–Kier alpha value is -2.39. The molecular weight excluding hydrogens is 703 g/mol. The molecule has 2 aliphatic heterocycles. The normalized spacial score (nSPS) is 15.4. The quantitative estimate of drug-likeness (QED) is 0.192. The summed E-state index contributed by atoms with van der Waals surface area (Å²) in [5, 5.41) is 12.3. The predicted molar refractivity (Wildman–Crippen MR) is 186 cm³/mol. The molecule has 0 nitrogen and oxygen atoms in total. The van der Waals surface area contributed by atoms with Crippen LogP contribution in [0, 0.1) is 6.92 Å². The van der Waals surface area contributed by atoms with E-state index in [4.69, 9.17) is 0 Å². The molecule has 0 spiro atoms. The Bertz CT molecular complexity index is 1890. The van der Waals surface area contributed by atoms with Crippen LogP contribution in [0.15, 0.2) is 132 Å². The fourth-order valence-corrected chi connectivity index (χ4v) is 14.5. The molecule has 1 unspecified atom stereocenters. The summed E-state index contributed by atoms with van der Waals surface area (Å²) in [7, 11) is -1.82. The summed E-state index contributed by atoms with van der Waals surface area (Å²) in [6.07, 6.45) is 0. The average molecular weight is 740 g/mol. The Morgan fingerprint density at radius 1 is 0.689 bits per heavy atom. The monoisotopic (exact) mass is 737 g/mol. The molecule has 5 aromatic carbocycles. The Labute approximate surface area is 304 Å². The van der Waals surface area contributed by atoms with Crippen LogP contribution < -0.4 is 35.2 Å². The molecule has 6 aromatic rings. The van der Waals surface area contributed by atoms with E-state index in [0.29, 0.717) is 5.54 Å². The number of fused-ring (bicyclic) bond motifs is 6. The maximum atomic E-state index is 2.39. The van der Waals surface area contributed by atoms with Crippen LogP contribution in [0.5, 0.6) is 0 Å². The van der Waals surface area contributed by atoms with Gasteiger partial charge in [-0.1, -0.05) is 130 Å². The smallest absolute Gasteiger partial charge is 1.00 e. The molecule has 0 saturated heterocycles. The molecule has 1 aromatic heterocycles. The third kappa shape index (κ3) is 5.85. The molecule has 45 heavy (non-hydrogen) atoms. The molecule has 2 aliphatic rings. The number of aryl methyl sites for hydroxylation is 1. The molecule has 3 heterocycles. The zero-order valence-corrected chi connectivity index (χ0v) is 32.2. The summed E-state index contributed by atoms with van der Waals surface area (Å²) in [5.74, 6) is 0. The molecular formula is C40H37Cl2SSiZr. The van der Waals surface area contributed by atoms with E-state index in [2.05, 4.69) is 161 Å². The van der Waals surface area contributed by atoms with Gasteiger partial charge in [0, 0.05) is 5.54 Å². The van der Waals surface area contributed by atoms with Crippen LogP contribution in [0.1, 0.15) is 55.5 Å². The van der Waals surface area contributed by atoms with Gasteiger partial charge in [-0.15, -0.1) is 34.5 Å². The van der Waals surface area contributed by atoms with Crippen LogP contribution in [0.25, 0.3) is 27.1 Å². The molecule has 0 saturated carbocycles. The van der Waals surface area contributed by atoms with E-state index in [1.807, 2.05) is 11.3 Å². The molecule has 0 amide bonds. The van der Waals surface area contributed by atoms with E-state index < -0.39 is 8.07 Å². The molecule has 5 heteroatoms. The summed E-state index contributed by atoms with van der Waals surface area (Å²) < 4.78 is 0. The molecule has 0 fully saturated rings. The van der Waals surface area contributed by atoms with Gasteiger partial charge >= 0.3 is 26.2 Å². The molecule has 8 rings (SSSR count). The molecule has 1 radical (unpaired) electrons. The Morgan fingerprint density at radius 3 is 1.84 bits per heavy atom. The van der Waals surface area contributed by atoms with E-state index in [1.165, 1.54) is 33.0 Å². The van der Waals surface area contributed by atoms with Gasteiger partial charge in [0.1, 0.15) is 0 Å². The fraction of sp³-hybridized carbons (Fsp3) is 0.175. The Kier molecular flexibility index (Phi) is 10.8. The van der Waals surface area contributed by atoms with Crippen LogP contribution in [-0.4, -0.2) is 8.07 Å². The van der Waals surface area contributed by atoms with E-state index in [0.717, 1.165) is 0 Å². The van der Waals surface area contributed by atoms with Gasteiger partial charge in [0.25, 0.3) is 0 Å². The number of halogens is 2. The minimum atomic E-state index is -1.82. The fourth-order valence-electron chi connectivity index (χ4n) is 7.45. The van der Waals surface area contributed by atoms with Crippen LogP contribution in [0.2, 0.25) is 0 Å². The van der Waals surface area contributed by atoms with Gasteiger partial charge in [0.15, 0.2) is 8.07 Å². The predicted octanol–water partition coefficient (Wildman–Crippen LogP) is 3.81. The summed E-state index contributed by atoms with van der Waals surface area (Å²) >= 11 is 1.86. The Balaban J connectivity index is 0.000000193. The number of thiophene rings is 1. The maximum Gasteiger partial charge on any atom is 3.00 e. The second-order valence-electron chi connectivity index (χ2n) is 12.9. The van der Waals surface area contributed by atoms with Crippen molar-refractivity contribution in [3.63, 3.8) is 0 Å². The Morgan fingerprint density at radius 2 is 1.29 bits per heavy atom. The van der Waals surface area contributed by atoms with Crippen molar-refractivity contribution in [2.24, 2.45) is 0 Å². The van der Waals surface area contributed by atoms with Crippen LogP contribution in [0.3, 0.4) is 0 Å². The van der Waals surface area contributed by atoms with Gasteiger partial charge in [-0.25, -0.2) is 0 Å². The van der Waals surface area contributed by atoms with E-state index in [-0.39, 0.29) is 56.4 Å². The summed E-state index contributed by atoms with van der Waals surface area (Å²) in [6, 6.07) is 42.6. The van der Waals surface area contributed by atoms with Crippen LogP contribution in [-0.2, 0) is 31.6 Å². The second kappa shape index (κ2) is 13.8. The first-order valence-corrected chi connectivity index (χ1v) is 18.0. The van der Waals surface area contributed by atoms with E-state index >= 15 is 0 Å². The first-order valence-electron chi connectivity index (χ1n) is 15.0. The largest absolute Gasteiger partial charge is 3.00 e. The summed E-state index contributed by atoms with van der Waals surface area (Å²) in [5.41, 5.74) is 11.0. The van der Waals surface area contributed by atoms with Crippen molar-refractivity contribution in [2.75, 3.05) is 0 Å². The molecule has 1 atom stereocenters. The summed E-state index contributed by atoms with van der Waals surface area (Å²) in [4.78, 5) is 0. The van der Waals surface area contributed by atoms with Gasteiger partial charge in [-0.3, -0.25) is 0 Å². The van der Waals surface area contributed by atoms with Crippen molar-refractivity contribution in [3.05, 3.63) is 154 Å². The zero-order chi connectivity index (χ0) is 29.1. The zero-order valence-electron chi connectivity index (χ0n) is 26.4. The first kappa shape index (κ1) is 35.5. The van der Waals surface area contributed by atoms with Gasteiger partial charge < -0.3 is 24.8 Å². The molecule has 0 N–H and O–H groups in total. The average Bonchev–Trinajstić information content (AvgIpc) is 3.74. The van der Waals surface area contributed by atoms with Crippen molar-refractivity contribution in [3.8, 4) is 11.1 Å². The number of hydrogen-bond acceptors (Lipinski definition) is 1. The number of hydrogen-bond donors (Lipinski definition) is 0. The number of rotatable bonds is 3. The van der Waals surface area contributed by atoms with Crippen molar-refractivity contribution < 1.29 is 51.0 Å². The van der Waals surface area contributed by atoms with Gasteiger partial charge in [-0.05, 0) is 60.9 Å². The minimum absolute atomic E-state index is 0. The van der Waals surface area contributed by atoms with E-state index in [1.54, 1.807) is 32.3 Å². The standard InChI is InChI=1S/C20H16SSi.C20H21.2ClH.Zr/c1-14-19-17-12-21-13-18(17)20(14)22(19,15-8-4-2-5-9-15)16-10-6-3-7-11-16;1-14-12-16-6-5-7-18(19(16)13-14)15-8-10-17(11-9-15)20(2,3)4;;;/h2-13,19H,1H3;5-13H,1-4H3;2*1H;/q;-1;;;+3/p-2. The van der Waals surface area contributed by atoms with Crippen molar-refractivity contribution in [1.82, 2.24) is 0 Å². The van der Waals surface area contributed by atoms with Crippen molar-refractivity contribution >= 4 is 45.8 Å². The first-order chi connectivity index (χ1) is 20.3. The van der Waals surface area contributed by atoms with Gasteiger partial charge in [0.2, 0.25) is 0 Å². The maximum absolute atomic E-state index is 2.39. The SMILES string of the molecule is CC1=C2c3cscc3C1[Si]2(c1ccccc1)c1ccccc1.Cc1cc2c(-c3ccc(C(C)(C)C)cc3)cccc2[cH-]1.[Cl-].[Cl-].[Zr+3]. The minimum Gasteiger partial charge on any atom is -1.00 e.